The van der Waals surface area contributed by atoms with E-state index in [0.717, 1.165) is 6.54 Å². The van der Waals surface area contributed by atoms with Gasteiger partial charge in [-0.3, -0.25) is 4.79 Å². The lowest BCUT2D eigenvalue weighted by molar-refractivity contribution is -0.131. The van der Waals surface area contributed by atoms with Crippen molar-refractivity contribution in [2.75, 3.05) is 13.1 Å². The molecule has 1 aliphatic carbocycles. The van der Waals surface area contributed by atoms with Gasteiger partial charge in [0.25, 0.3) is 0 Å². The maximum absolute atomic E-state index is 11.5. The molecule has 0 radical (unpaired) electrons. The molecule has 1 unspecified atom stereocenters. The fourth-order valence-corrected chi connectivity index (χ4v) is 1.24. The van der Waals surface area contributed by atoms with Crippen molar-refractivity contribution >= 4 is 5.91 Å². The van der Waals surface area contributed by atoms with Crippen LogP contribution >= 0.6 is 0 Å². The van der Waals surface area contributed by atoms with Gasteiger partial charge in [0.05, 0.1) is 12.6 Å². The third kappa shape index (κ3) is 3.08. The molecule has 0 aromatic carbocycles. The minimum atomic E-state index is -0.438. The van der Waals surface area contributed by atoms with Crippen LogP contribution < -0.4 is 5.73 Å². The molecule has 1 saturated carbocycles. The number of carbonyl (C=O) groups is 1. The van der Waals surface area contributed by atoms with E-state index in [1.165, 1.54) is 12.8 Å². The van der Waals surface area contributed by atoms with Crippen molar-refractivity contribution in [1.82, 2.24) is 4.90 Å². The minimum absolute atomic E-state index is 0.0372. The van der Waals surface area contributed by atoms with Crippen molar-refractivity contribution in [3.63, 3.8) is 0 Å². The lowest BCUT2D eigenvalue weighted by Gasteiger charge is -2.21. The second-order valence-electron chi connectivity index (χ2n) is 3.65. The first-order chi connectivity index (χ1) is 6.15. The molecule has 1 aliphatic rings. The number of carbonyl (C=O) groups excluding carboxylic acids is 1. The number of rotatable bonds is 4. The first-order valence-corrected chi connectivity index (χ1v) is 4.63. The molecule has 1 rings (SSSR count). The molecule has 1 fully saturated rings. The van der Waals surface area contributed by atoms with Gasteiger partial charge in [0.1, 0.15) is 0 Å². The maximum atomic E-state index is 11.5. The van der Waals surface area contributed by atoms with Crippen LogP contribution in [0.2, 0.25) is 0 Å². The van der Waals surface area contributed by atoms with Gasteiger partial charge < -0.3 is 10.6 Å². The monoisotopic (exact) mass is 180 g/mol. The molecule has 1 atom stereocenters. The Bertz CT molecular complexity index is 226. The highest BCUT2D eigenvalue weighted by atomic mass is 16.2. The zero-order valence-corrected chi connectivity index (χ0v) is 7.99. The maximum Gasteiger partial charge on any atom is 0.239 e. The smallest absolute Gasteiger partial charge is 0.239 e. The van der Waals surface area contributed by atoms with Gasteiger partial charge >= 0.3 is 0 Å². The Morgan fingerprint density at radius 3 is 2.77 bits per heavy atom. The average Bonchev–Trinajstić information content (AvgIpc) is 2.86. The van der Waals surface area contributed by atoms with Crippen molar-refractivity contribution in [2.24, 2.45) is 11.7 Å². The molecule has 0 heterocycles. The Morgan fingerprint density at radius 2 is 2.38 bits per heavy atom. The van der Waals surface area contributed by atoms with E-state index in [0.29, 0.717) is 12.5 Å². The summed E-state index contributed by atoms with van der Waals surface area (Å²) in [4.78, 5) is 13.2. The lowest BCUT2D eigenvalue weighted by Crippen LogP contribution is -2.43. The van der Waals surface area contributed by atoms with E-state index in [2.05, 4.69) is 5.92 Å². The van der Waals surface area contributed by atoms with Crippen LogP contribution in [0.3, 0.4) is 0 Å². The lowest BCUT2D eigenvalue weighted by atomic mass is 10.2. The zero-order chi connectivity index (χ0) is 9.84. The van der Waals surface area contributed by atoms with Crippen LogP contribution in [0.15, 0.2) is 0 Å². The number of amides is 1. The molecule has 2 N–H and O–H groups in total. The highest BCUT2D eigenvalue weighted by Crippen LogP contribution is 2.29. The van der Waals surface area contributed by atoms with Gasteiger partial charge in [-0.05, 0) is 25.7 Å². The molecule has 0 spiro atoms. The molecule has 0 aliphatic heterocycles. The van der Waals surface area contributed by atoms with Crippen molar-refractivity contribution in [2.45, 2.75) is 25.8 Å². The summed E-state index contributed by atoms with van der Waals surface area (Å²) in [6, 6.07) is -0.438. The molecular weight excluding hydrogens is 164 g/mol. The average molecular weight is 180 g/mol. The van der Waals surface area contributed by atoms with Crippen LogP contribution in [0, 0.1) is 18.3 Å². The molecule has 0 bridgehead atoms. The summed E-state index contributed by atoms with van der Waals surface area (Å²) in [5.41, 5.74) is 5.50. The van der Waals surface area contributed by atoms with Crippen LogP contribution in [-0.4, -0.2) is 29.9 Å². The summed E-state index contributed by atoms with van der Waals surface area (Å²) in [6.45, 7) is 2.86. The SMILES string of the molecule is C#CCN(CC1CC1)C(=O)C(C)N. The quantitative estimate of drug-likeness (QED) is 0.628. The third-order valence-electron chi connectivity index (χ3n) is 2.16. The van der Waals surface area contributed by atoms with Gasteiger partial charge in [0, 0.05) is 6.54 Å². The summed E-state index contributed by atoms with van der Waals surface area (Å²) in [5.74, 6) is 3.11. The van der Waals surface area contributed by atoms with E-state index in [9.17, 15) is 4.79 Å². The van der Waals surface area contributed by atoms with Crippen LogP contribution in [0.5, 0.6) is 0 Å². The first kappa shape index (κ1) is 10.1. The number of nitrogens with zero attached hydrogens (tertiary/aromatic N) is 1. The van der Waals surface area contributed by atoms with E-state index < -0.39 is 6.04 Å². The number of hydrogen-bond donors (Lipinski definition) is 1. The van der Waals surface area contributed by atoms with E-state index in [1.54, 1.807) is 11.8 Å². The van der Waals surface area contributed by atoms with Gasteiger partial charge in [0.2, 0.25) is 5.91 Å². The Labute approximate surface area is 79.3 Å². The van der Waals surface area contributed by atoms with E-state index in [1.807, 2.05) is 0 Å². The Morgan fingerprint density at radius 1 is 1.77 bits per heavy atom. The van der Waals surface area contributed by atoms with Gasteiger partial charge in [0.15, 0.2) is 0 Å². The van der Waals surface area contributed by atoms with Crippen LogP contribution in [-0.2, 0) is 4.79 Å². The second-order valence-corrected chi connectivity index (χ2v) is 3.65. The molecular formula is C10H16N2O. The summed E-state index contributed by atoms with van der Waals surface area (Å²) < 4.78 is 0. The van der Waals surface area contributed by atoms with Crippen molar-refractivity contribution in [3.05, 3.63) is 0 Å². The zero-order valence-electron chi connectivity index (χ0n) is 7.99. The molecule has 0 saturated heterocycles. The summed E-state index contributed by atoms with van der Waals surface area (Å²) in [7, 11) is 0. The molecule has 3 heteroatoms. The molecule has 13 heavy (non-hydrogen) atoms. The number of terminal acetylenes is 1. The Kier molecular flexibility index (Phi) is 3.32. The highest BCUT2D eigenvalue weighted by molar-refractivity contribution is 5.81. The van der Waals surface area contributed by atoms with Gasteiger partial charge in [-0.15, -0.1) is 6.42 Å². The normalized spacial score (nSPS) is 17.6. The number of hydrogen-bond acceptors (Lipinski definition) is 2. The Hall–Kier alpha value is -1.01. The molecule has 1 amide bonds. The highest BCUT2D eigenvalue weighted by Gasteiger charge is 2.27. The molecule has 3 nitrogen and oxygen atoms in total. The van der Waals surface area contributed by atoms with Gasteiger partial charge in [-0.2, -0.15) is 0 Å². The number of nitrogens with two attached hydrogens (primary N) is 1. The molecule has 0 aromatic rings. The second kappa shape index (κ2) is 4.29. The molecule has 72 valence electrons. The van der Waals surface area contributed by atoms with Crippen LogP contribution in [0.1, 0.15) is 19.8 Å². The summed E-state index contributed by atoms with van der Waals surface area (Å²) >= 11 is 0. The molecule has 0 aromatic heterocycles. The topological polar surface area (TPSA) is 46.3 Å². The van der Waals surface area contributed by atoms with Crippen LogP contribution in [0.4, 0.5) is 0 Å². The standard InChI is InChI=1S/C10H16N2O/c1-3-6-12(7-9-4-5-9)10(13)8(2)11/h1,8-9H,4-7,11H2,2H3. The first-order valence-electron chi connectivity index (χ1n) is 4.63. The third-order valence-corrected chi connectivity index (χ3v) is 2.16. The predicted octanol–water partition coefficient (Wildman–Crippen LogP) is 0.205. The van der Waals surface area contributed by atoms with Crippen molar-refractivity contribution in [3.8, 4) is 12.3 Å². The summed E-state index contributed by atoms with van der Waals surface area (Å²) in [5, 5.41) is 0. The summed E-state index contributed by atoms with van der Waals surface area (Å²) in [6.07, 6.45) is 7.61. The van der Waals surface area contributed by atoms with Gasteiger partial charge in [-0.25, -0.2) is 0 Å². The van der Waals surface area contributed by atoms with E-state index >= 15 is 0 Å². The van der Waals surface area contributed by atoms with Crippen molar-refractivity contribution in [1.29, 1.82) is 0 Å². The fourth-order valence-electron chi connectivity index (χ4n) is 1.24. The minimum Gasteiger partial charge on any atom is -0.330 e. The van der Waals surface area contributed by atoms with Crippen molar-refractivity contribution < 1.29 is 4.79 Å². The fraction of sp³-hybridized carbons (Fsp3) is 0.700. The van der Waals surface area contributed by atoms with Gasteiger partial charge in [-0.1, -0.05) is 5.92 Å². The van der Waals surface area contributed by atoms with E-state index in [4.69, 9.17) is 12.2 Å². The van der Waals surface area contributed by atoms with Crippen LogP contribution in [0.25, 0.3) is 0 Å². The van der Waals surface area contributed by atoms with E-state index in [-0.39, 0.29) is 5.91 Å². The predicted molar refractivity (Wildman–Crippen MR) is 51.8 cm³/mol. The Balaban J connectivity index is 2.45. The largest absolute Gasteiger partial charge is 0.330 e.